The van der Waals surface area contributed by atoms with Gasteiger partial charge in [-0.3, -0.25) is 4.79 Å². The number of hydrogen-bond donors (Lipinski definition) is 0. The van der Waals surface area contributed by atoms with Gasteiger partial charge in [0.2, 0.25) is 5.78 Å². The molecule has 0 aliphatic heterocycles. The van der Waals surface area contributed by atoms with Crippen molar-refractivity contribution in [2.75, 3.05) is 6.61 Å². The van der Waals surface area contributed by atoms with Gasteiger partial charge in [-0.2, -0.15) is 4.68 Å². The predicted molar refractivity (Wildman–Crippen MR) is 103 cm³/mol. The SMILES string of the molecule is Cc1nnnn1C(=Cc1ccccc1)C(=O)OCC(=O)c1cc(C)n(C)c1C. The first-order valence-corrected chi connectivity index (χ1v) is 8.74. The summed E-state index contributed by atoms with van der Waals surface area (Å²) in [7, 11) is 1.88. The number of tetrazole rings is 1. The van der Waals surface area contributed by atoms with Crippen molar-refractivity contribution in [2.24, 2.45) is 7.05 Å². The van der Waals surface area contributed by atoms with Crippen LogP contribution in [0.15, 0.2) is 36.4 Å². The van der Waals surface area contributed by atoms with Crippen LogP contribution in [0.2, 0.25) is 0 Å². The summed E-state index contributed by atoms with van der Waals surface area (Å²) in [6.07, 6.45) is 1.62. The highest BCUT2D eigenvalue weighted by molar-refractivity contribution is 6.16. The van der Waals surface area contributed by atoms with E-state index in [2.05, 4.69) is 15.5 Å². The van der Waals surface area contributed by atoms with E-state index in [1.807, 2.05) is 55.8 Å². The predicted octanol–water partition coefficient (Wildman–Crippen LogP) is 2.36. The average molecular weight is 379 g/mol. The van der Waals surface area contributed by atoms with Crippen LogP contribution in [-0.4, -0.2) is 43.1 Å². The third-order valence-electron chi connectivity index (χ3n) is 4.58. The molecule has 0 spiro atoms. The van der Waals surface area contributed by atoms with Gasteiger partial charge in [-0.1, -0.05) is 30.3 Å². The Balaban J connectivity index is 1.82. The molecule has 2 aromatic heterocycles. The zero-order valence-electron chi connectivity index (χ0n) is 16.2. The van der Waals surface area contributed by atoms with Crippen molar-refractivity contribution < 1.29 is 14.3 Å². The number of hydrogen-bond acceptors (Lipinski definition) is 6. The second-order valence-electron chi connectivity index (χ2n) is 6.42. The summed E-state index contributed by atoms with van der Waals surface area (Å²) in [5.41, 5.74) is 3.24. The Bertz CT molecular complexity index is 1050. The number of nitrogens with zero attached hydrogens (tertiary/aromatic N) is 5. The highest BCUT2D eigenvalue weighted by Gasteiger charge is 2.21. The van der Waals surface area contributed by atoms with Crippen LogP contribution in [0.5, 0.6) is 0 Å². The van der Waals surface area contributed by atoms with E-state index in [-0.39, 0.29) is 18.1 Å². The lowest BCUT2D eigenvalue weighted by atomic mass is 10.1. The first-order chi connectivity index (χ1) is 13.4. The molecule has 1 aromatic carbocycles. The van der Waals surface area contributed by atoms with Crippen molar-refractivity contribution in [3.05, 3.63) is 64.7 Å². The van der Waals surface area contributed by atoms with Gasteiger partial charge < -0.3 is 9.30 Å². The number of rotatable bonds is 6. The van der Waals surface area contributed by atoms with Crippen LogP contribution >= 0.6 is 0 Å². The standard InChI is InChI=1S/C20H21N5O3/c1-13-10-17(14(2)24(13)4)19(26)12-28-20(27)18(25-15(3)21-22-23-25)11-16-8-6-5-7-9-16/h5-11H,12H2,1-4H3. The molecular formula is C20H21N5O3. The summed E-state index contributed by atoms with van der Waals surface area (Å²) in [5.74, 6) is -0.514. The number of carbonyl (C=O) groups is 2. The molecule has 0 bridgehead atoms. The molecule has 0 aliphatic carbocycles. The zero-order valence-corrected chi connectivity index (χ0v) is 16.2. The molecule has 0 fully saturated rings. The number of carbonyl (C=O) groups excluding carboxylic acids is 2. The fourth-order valence-electron chi connectivity index (χ4n) is 2.79. The van der Waals surface area contributed by atoms with E-state index in [1.165, 1.54) is 4.68 Å². The van der Waals surface area contributed by atoms with E-state index < -0.39 is 5.97 Å². The fourth-order valence-corrected chi connectivity index (χ4v) is 2.79. The van der Waals surface area contributed by atoms with Crippen molar-refractivity contribution >= 4 is 23.5 Å². The van der Waals surface area contributed by atoms with Crippen molar-refractivity contribution in [2.45, 2.75) is 20.8 Å². The van der Waals surface area contributed by atoms with Crippen molar-refractivity contribution in [1.29, 1.82) is 0 Å². The van der Waals surface area contributed by atoms with Gasteiger partial charge in [-0.25, -0.2) is 4.79 Å². The first kappa shape index (κ1) is 19.2. The molecule has 0 saturated carbocycles. The van der Waals surface area contributed by atoms with E-state index in [0.29, 0.717) is 11.4 Å². The molecule has 0 unspecified atom stereocenters. The molecule has 28 heavy (non-hydrogen) atoms. The van der Waals surface area contributed by atoms with Gasteiger partial charge in [0, 0.05) is 24.0 Å². The molecule has 0 atom stereocenters. The molecule has 8 nitrogen and oxygen atoms in total. The molecule has 0 radical (unpaired) electrons. The van der Waals surface area contributed by atoms with Crippen LogP contribution in [0.3, 0.4) is 0 Å². The highest BCUT2D eigenvalue weighted by Crippen LogP contribution is 2.16. The van der Waals surface area contributed by atoms with Gasteiger partial charge in [0.1, 0.15) is 0 Å². The molecular weight excluding hydrogens is 358 g/mol. The Morgan fingerprint density at radius 1 is 1.14 bits per heavy atom. The highest BCUT2D eigenvalue weighted by atomic mass is 16.5. The molecule has 144 valence electrons. The maximum absolute atomic E-state index is 12.7. The lowest BCUT2D eigenvalue weighted by molar-refractivity contribution is -0.136. The van der Waals surface area contributed by atoms with E-state index in [0.717, 1.165) is 17.0 Å². The summed E-state index contributed by atoms with van der Waals surface area (Å²) in [4.78, 5) is 25.2. The van der Waals surface area contributed by atoms with E-state index >= 15 is 0 Å². The minimum absolute atomic E-state index is 0.127. The van der Waals surface area contributed by atoms with Crippen LogP contribution in [-0.2, 0) is 16.6 Å². The molecule has 3 rings (SSSR count). The summed E-state index contributed by atoms with van der Waals surface area (Å²) in [6.45, 7) is 5.08. The minimum Gasteiger partial charge on any atom is -0.453 e. The van der Waals surface area contributed by atoms with Gasteiger partial charge >= 0.3 is 5.97 Å². The van der Waals surface area contributed by atoms with Gasteiger partial charge in [-0.15, -0.1) is 5.10 Å². The number of benzene rings is 1. The quantitative estimate of drug-likeness (QED) is 0.371. The number of Topliss-reactive ketones (excluding diaryl/α,β-unsaturated/α-hetero) is 1. The lowest BCUT2D eigenvalue weighted by Gasteiger charge is -2.09. The molecule has 8 heteroatoms. The molecule has 0 amide bonds. The second-order valence-corrected chi connectivity index (χ2v) is 6.42. The average Bonchev–Trinajstić information content (AvgIpc) is 3.23. The van der Waals surface area contributed by atoms with E-state index in [4.69, 9.17) is 4.74 Å². The second kappa shape index (κ2) is 7.99. The maximum Gasteiger partial charge on any atom is 0.357 e. The molecule has 3 aromatic rings. The normalized spacial score (nSPS) is 11.5. The Morgan fingerprint density at radius 2 is 1.86 bits per heavy atom. The largest absolute Gasteiger partial charge is 0.453 e. The van der Waals surface area contributed by atoms with Gasteiger partial charge in [-0.05, 0) is 48.9 Å². The first-order valence-electron chi connectivity index (χ1n) is 8.74. The Hall–Kier alpha value is -3.55. The smallest absolute Gasteiger partial charge is 0.357 e. The minimum atomic E-state index is -0.682. The van der Waals surface area contributed by atoms with Gasteiger partial charge in [0.15, 0.2) is 18.1 Å². The van der Waals surface area contributed by atoms with E-state index in [9.17, 15) is 9.59 Å². The molecule has 0 saturated heterocycles. The van der Waals surface area contributed by atoms with Crippen LogP contribution in [0.1, 0.15) is 33.1 Å². The molecule has 0 N–H and O–H groups in total. The summed E-state index contributed by atoms with van der Waals surface area (Å²) in [5, 5.41) is 11.2. The van der Waals surface area contributed by atoms with Gasteiger partial charge in [0.05, 0.1) is 0 Å². The number of aryl methyl sites for hydroxylation is 2. The van der Waals surface area contributed by atoms with Crippen LogP contribution in [0, 0.1) is 20.8 Å². The summed E-state index contributed by atoms with van der Waals surface area (Å²) >= 11 is 0. The van der Waals surface area contributed by atoms with Crippen molar-refractivity contribution in [3.63, 3.8) is 0 Å². The molecule has 0 aliphatic rings. The Kier molecular flexibility index (Phi) is 5.49. The summed E-state index contributed by atoms with van der Waals surface area (Å²) < 4.78 is 8.50. The monoisotopic (exact) mass is 379 g/mol. The molecule has 2 heterocycles. The van der Waals surface area contributed by atoms with Crippen molar-refractivity contribution in [3.8, 4) is 0 Å². The number of aromatic nitrogens is 5. The number of ether oxygens (including phenoxy) is 1. The van der Waals surface area contributed by atoms with E-state index in [1.54, 1.807) is 19.1 Å². The third-order valence-corrected chi connectivity index (χ3v) is 4.58. The zero-order chi connectivity index (χ0) is 20.3. The Labute approximate surface area is 162 Å². The lowest BCUT2D eigenvalue weighted by Crippen LogP contribution is -2.19. The topological polar surface area (TPSA) is 91.9 Å². The van der Waals surface area contributed by atoms with Crippen molar-refractivity contribution in [1.82, 2.24) is 24.8 Å². The fraction of sp³-hybridized carbons (Fsp3) is 0.250. The Morgan fingerprint density at radius 3 is 2.43 bits per heavy atom. The third kappa shape index (κ3) is 3.90. The van der Waals surface area contributed by atoms with Crippen LogP contribution < -0.4 is 0 Å². The number of ketones is 1. The summed E-state index contributed by atoms with van der Waals surface area (Å²) in [6, 6.07) is 11.1. The van der Waals surface area contributed by atoms with Gasteiger partial charge in [0.25, 0.3) is 0 Å². The van der Waals surface area contributed by atoms with Crippen LogP contribution in [0.25, 0.3) is 11.8 Å². The number of esters is 1. The maximum atomic E-state index is 12.7. The van der Waals surface area contributed by atoms with Crippen LogP contribution in [0.4, 0.5) is 0 Å².